The Bertz CT molecular complexity index is 447. The number of amides is 1. The fraction of sp³-hybridized carbons (Fsp3) is 0.462. The Balaban J connectivity index is 2.78. The van der Waals surface area contributed by atoms with Crippen LogP contribution in [0.4, 0.5) is 0 Å². The van der Waals surface area contributed by atoms with Crippen LogP contribution in [0.25, 0.3) is 0 Å². The van der Waals surface area contributed by atoms with Gasteiger partial charge in [-0.1, -0.05) is 43.1 Å². The number of carbonyl (C=O) groups is 1. The van der Waals surface area contributed by atoms with Crippen LogP contribution in [0.1, 0.15) is 38.3 Å². The van der Waals surface area contributed by atoms with E-state index in [0.717, 1.165) is 5.56 Å². The van der Waals surface area contributed by atoms with Crippen molar-refractivity contribution in [3.63, 3.8) is 0 Å². The Kier molecular flexibility index (Phi) is 5.02. The third kappa shape index (κ3) is 4.48. The fourth-order valence-electron chi connectivity index (χ4n) is 2.00. The zero-order chi connectivity index (χ0) is 13.9. The van der Waals surface area contributed by atoms with Gasteiger partial charge in [-0.3, -0.25) is 4.79 Å². The lowest BCUT2D eigenvalue weighted by Crippen LogP contribution is -2.27. The summed E-state index contributed by atoms with van der Waals surface area (Å²) in [6.07, 6.45) is 0.954. The van der Waals surface area contributed by atoms with E-state index in [2.05, 4.69) is 0 Å². The number of carbonyl (C=O) groups excluding carboxylic acids is 1. The van der Waals surface area contributed by atoms with Crippen LogP contribution in [0.3, 0.4) is 0 Å². The van der Waals surface area contributed by atoms with Gasteiger partial charge in [-0.15, -0.1) is 0 Å². The third-order valence-electron chi connectivity index (χ3n) is 2.80. The van der Waals surface area contributed by atoms with Crippen molar-refractivity contribution in [3.8, 4) is 0 Å². The first-order valence-electron chi connectivity index (χ1n) is 5.70. The summed E-state index contributed by atoms with van der Waals surface area (Å²) >= 11 is 11.8. The molecule has 0 aliphatic carbocycles. The van der Waals surface area contributed by atoms with Crippen LogP contribution in [0.2, 0.25) is 10.0 Å². The van der Waals surface area contributed by atoms with Crippen molar-refractivity contribution in [2.45, 2.75) is 32.7 Å². The van der Waals surface area contributed by atoms with Gasteiger partial charge in [-0.2, -0.15) is 0 Å². The predicted octanol–water partition coefficient (Wildman–Crippen LogP) is 3.28. The summed E-state index contributed by atoms with van der Waals surface area (Å²) < 4.78 is 0. The van der Waals surface area contributed by atoms with Crippen LogP contribution in [0.15, 0.2) is 18.2 Å². The van der Waals surface area contributed by atoms with E-state index in [1.807, 2.05) is 19.9 Å². The van der Waals surface area contributed by atoms with Gasteiger partial charge in [0.2, 0.25) is 5.91 Å². The average molecular weight is 289 g/mol. The van der Waals surface area contributed by atoms with Crippen molar-refractivity contribution in [3.05, 3.63) is 33.8 Å². The van der Waals surface area contributed by atoms with Gasteiger partial charge in [0.05, 0.1) is 10.0 Å². The van der Waals surface area contributed by atoms with Crippen LogP contribution in [-0.2, 0) is 4.79 Å². The van der Waals surface area contributed by atoms with E-state index in [1.54, 1.807) is 12.1 Å². The van der Waals surface area contributed by atoms with Crippen molar-refractivity contribution >= 4 is 29.1 Å². The van der Waals surface area contributed by atoms with Crippen molar-refractivity contribution in [1.82, 2.24) is 0 Å². The van der Waals surface area contributed by atoms with Gasteiger partial charge in [0, 0.05) is 12.5 Å². The molecule has 0 aliphatic rings. The molecule has 1 amide bonds. The molecule has 1 aromatic carbocycles. The highest BCUT2D eigenvalue weighted by molar-refractivity contribution is 6.42. The second-order valence-corrected chi connectivity index (χ2v) is 6.11. The molecule has 0 spiro atoms. The summed E-state index contributed by atoms with van der Waals surface area (Å²) in [5.41, 5.74) is 12.0. The maximum atomic E-state index is 11.0. The van der Waals surface area contributed by atoms with E-state index < -0.39 is 0 Å². The highest BCUT2D eigenvalue weighted by Crippen LogP contribution is 2.33. The molecule has 1 unspecified atom stereocenters. The molecule has 4 N–H and O–H groups in total. The number of benzene rings is 1. The van der Waals surface area contributed by atoms with Crippen molar-refractivity contribution in [2.24, 2.45) is 16.9 Å². The quantitative estimate of drug-likeness (QED) is 0.873. The zero-order valence-electron chi connectivity index (χ0n) is 10.5. The smallest absolute Gasteiger partial charge is 0.217 e. The summed E-state index contributed by atoms with van der Waals surface area (Å²) in [6, 6.07) is 5.13. The molecule has 0 aromatic heterocycles. The van der Waals surface area contributed by atoms with Gasteiger partial charge in [0.25, 0.3) is 0 Å². The van der Waals surface area contributed by atoms with E-state index in [9.17, 15) is 4.79 Å². The molecule has 5 heteroatoms. The molecule has 0 fully saturated rings. The van der Waals surface area contributed by atoms with Gasteiger partial charge in [0.15, 0.2) is 0 Å². The van der Waals surface area contributed by atoms with Crippen LogP contribution in [0.5, 0.6) is 0 Å². The van der Waals surface area contributed by atoms with Crippen LogP contribution >= 0.6 is 23.2 Å². The summed E-state index contributed by atoms with van der Waals surface area (Å²) in [7, 11) is 0. The minimum Gasteiger partial charge on any atom is -0.370 e. The molecule has 1 atom stereocenters. The second kappa shape index (κ2) is 5.91. The third-order valence-corrected chi connectivity index (χ3v) is 3.54. The highest BCUT2D eigenvalue weighted by Gasteiger charge is 2.24. The van der Waals surface area contributed by atoms with Crippen LogP contribution in [0, 0.1) is 5.41 Å². The molecule has 0 bridgehead atoms. The first-order valence-corrected chi connectivity index (χ1v) is 6.46. The van der Waals surface area contributed by atoms with E-state index in [4.69, 9.17) is 34.7 Å². The molecule has 0 aliphatic heterocycles. The predicted molar refractivity (Wildman–Crippen MR) is 75.6 cm³/mol. The average Bonchev–Trinajstić information content (AvgIpc) is 2.19. The number of nitrogens with two attached hydrogens (primary N) is 2. The first-order chi connectivity index (χ1) is 8.21. The molecule has 1 rings (SSSR count). The van der Waals surface area contributed by atoms with Gasteiger partial charge < -0.3 is 11.5 Å². The SMILES string of the molecule is CC(C)(CC(N)=O)CC(N)c1ccc(Cl)c(Cl)c1. The standard InChI is InChI=1S/C13H18Cl2N2O/c1-13(2,7-12(17)18)6-11(16)8-3-4-9(14)10(15)5-8/h3-5,11H,6-7,16H2,1-2H3,(H2,17,18). The summed E-state index contributed by atoms with van der Waals surface area (Å²) in [4.78, 5) is 11.0. The fourth-order valence-corrected chi connectivity index (χ4v) is 2.31. The second-order valence-electron chi connectivity index (χ2n) is 5.29. The number of hydrogen-bond donors (Lipinski definition) is 2. The molecule has 100 valence electrons. The Morgan fingerprint density at radius 2 is 1.94 bits per heavy atom. The van der Waals surface area contributed by atoms with Crippen molar-refractivity contribution in [2.75, 3.05) is 0 Å². The molecule has 0 heterocycles. The summed E-state index contributed by atoms with van der Waals surface area (Å²) in [6.45, 7) is 3.93. The Labute approximate surface area is 117 Å². The molecule has 3 nitrogen and oxygen atoms in total. The van der Waals surface area contributed by atoms with E-state index in [-0.39, 0.29) is 17.4 Å². The van der Waals surface area contributed by atoms with Crippen molar-refractivity contribution < 1.29 is 4.79 Å². The van der Waals surface area contributed by atoms with Gasteiger partial charge in [-0.05, 0) is 29.5 Å². The monoisotopic (exact) mass is 288 g/mol. The molecule has 0 saturated heterocycles. The maximum Gasteiger partial charge on any atom is 0.217 e. The van der Waals surface area contributed by atoms with E-state index >= 15 is 0 Å². The van der Waals surface area contributed by atoms with E-state index in [1.165, 1.54) is 0 Å². The van der Waals surface area contributed by atoms with Gasteiger partial charge in [0.1, 0.15) is 0 Å². The maximum absolute atomic E-state index is 11.0. The summed E-state index contributed by atoms with van der Waals surface area (Å²) in [5, 5.41) is 0.987. The zero-order valence-corrected chi connectivity index (χ0v) is 12.1. The molecular weight excluding hydrogens is 271 g/mol. The molecule has 0 saturated carbocycles. The minimum absolute atomic E-state index is 0.200. The van der Waals surface area contributed by atoms with Crippen molar-refractivity contribution in [1.29, 1.82) is 0 Å². The minimum atomic E-state index is -0.318. The molecular formula is C13H18Cl2N2O. The largest absolute Gasteiger partial charge is 0.370 e. The molecule has 0 radical (unpaired) electrons. The number of rotatable bonds is 5. The first kappa shape index (κ1) is 15.3. The lowest BCUT2D eigenvalue weighted by atomic mass is 9.81. The topological polar surface area (TPSA) is 69.1 Å². The van der Waals surface area contributed by atoms with Gasteiger partial charge >= 0.3 is 0 Å². The van der Waals surface area contributed by atoms with Crippen LogP contribution < -0.4 is 11.5 Å². The Morgan fingerprint density at radius 3 is 2.44 bits per heavy atom. The normalized spacial score (nSPS) is 13.4. The molecule has 1 aromatic rings. The number of primary amides is 1. The number of hydrogen-bond acceptors (Lipinski definition) is 2. The van der Waals surface area contributed by atoms with E-state index in [0.29, 0.717) is 22.9 Å². The molecule has 18 heavy (non-hydrogen) atoms. The van der Waals surface area contributed by atoms with Crippen LogP contribution in [-0.4, -0.2) is 5.91 Å². The Morgan fingerprint density at radius 1 is 1.33 bits per heavy atom. The lowest BCUT2D eigenvalue weighted by Gasteiger charge is -2.27. The summed E-state index contributed by atoms with van der Waals surface area (Å²) in [5.74, 6) is -0.318. The lowest BCUT2D eigenvalue weighted by molar-refractivity contribution is -0.120. The highest BCUT2D eigenvalue weighted by atomic mass is 35.5. The number of halogens is 2. The Hall–Kier alpha value is -0.770. The van der Waals surface area contributed by atoms with Gasteiger partial charge in [-0.25, -0.2) is 0 Å².